The third-order valence-corrected chi connectivity index (χ3v) is 7.35. The van der Waals surface area contributed by atoms with Gasteiger partial charge in [0.25, 0.3) is 11.5 Å². The summed E-state index contributed by atoms with van der Waals surface area (Å²) in [6.07, 6.45) is 6.61. The number of carbonyl (C=O) groups is 1. The molecule has 33 heavy (non-hydrogen) atoms. The molecule has 0 N–H and O–H groups in total. The van der Waals surface area contributed by atoms with Gasteiger partial charge in [0.2, 0.25) is 0 Å². The van der Waals surface area contributed by atoms with Crippen LogP contribution in [0, 0.1) is 18.3 Å². The van der Waals surface area contributed by atoms with Gasteiger partial charge in [0.1, 0.15) is 21.8 Å². The van der Waals surface area contributed by atoms with Gasteiger partial charge in [0.05, 0.1) is 4.91 Å². The summed E-state index contributed by atoms with van der Waals surface area (Å²) in [5.41, 5.74) is 1.29. The van der Waals surface area contributed by atoms with E-state index in [0.717, 1.165) is 43.7 Å². The minimum atomic E-state index is -0.252. The van der Waals surface area contributed by atoms with Crippen LogP contribution in [0.1, 0.15) is 62.6 Å². The smallest absolute Gasteiger partial charge is 0.270 e. The number of amides is 1. The highest BCUT2D eigenvalue weighted by Crippen LogP contribution is 2.36. The Labute approximate surface area is 205 Å². The Morgan fingerprint density at radius 2 is 1.91 bits per heavy atom. The lowest BCUT2D eigenvalue weighted by molar-refractivity contribution is -0.122. The highest BCUT2D eigenvalue weighted by Gasteiger charge is 2.33. The fourth-order valence-electron chi connectivity index (χ4n) is 4.31. The number of hydrogen-bond donors (Lipinski definition) is 0. The van der Waals surface area contributed by atoms with Crippen LogP contribution in [0.2, 0.25) is 0 Å². The van der Waals surface area contributed by atoms with Gasteiger partial charge >= 0.3 is 0 Å². The van der Waals surface area contributed by atoms with Crippen molar-refractivity contribution in [1.29, 1.82) is 5.26 Å². The molecule has 0 aromatic carbocycles. The number of ether oxygens (including phenoxy) is 1. The number of nitrogens with zero attached hydrogens (tertiary/aromatic N) is 4. The number of thiocarbonyl (C=S) groups is 1. The molecule has 2 aliphatic heterocycles. The quantitative estimate of drug-likeness (QED) is 0.295. The maximum Gasteiger partial charge on any atom is 0.270 e. The zero-order valence-corrected chi connectivity index (χ0v) is 21.3. The molecule has 9 heteroatoms. The van der Waals surface area contributed by atoms with Gasteiger partial charge in [-0.25, -0.2) is 0 Å². The maximum absolute atomic E-state index is 13.2. The molecule has 178 valence electrons. The molecule has 1 aromatic rings. The van der Waals surface area contributed by atoms with Gasteiger partial charge in [-0.3, -0.25) is 19.1 Å². The number of piperidine rings is 1. The van der Waals surface area contributed by atoms with E-state index in [1.807, 2.05) is 19.9 Å². The van der Waals surface area contributed by atoms with Crippen molar-refractivity contribution in [2.75, 3.05) is 37.7 Å². The van der Waals surface area contributed by atoms with Gasteiger partial charge in [-0.1, -0.05) is 30.9 Å². The van der Waals surface area contributed by atoms with E-state index in [0.29, 0.717) is 47.5 Å². The van der Waals surface area contributed by atoms with Gasteiger partial charge in [-0.05, 0) is 57.6 Å². The molecule has 0 unspecified atom stereocenters. The van der Waals surface area contributed by atoms with Gasteiger partial charge in [-0.15, -0.1) is 0 Å². The van der Waals surface area contributed by atoms with Crippen molar-refractivity contribution < 1.29 is 9.53 Å². The molecule has 1 amide bonds. The minimum absolute atomic E-state index is 0.128. The molecule has 3 heterocycles. The second-order valence-electron chi connectivity index (χ2n) is 8.24. The lowest BCUT2D eigenvalue weighted by Gasteiger charge is -2.33. The molecule has 0 spiro atoms. The maximum atomic E-state index is 13.2. The van der Waals surface area contributed by atoms with Gasteiger partial charge in [0, 0.05) is 45.0 Å². The van der Waals surface area contributed by atoms with Crippen molar-refractivity contribution in [3.8, 4) is 6.07 Å². The summed E-state index contributed by atoms with van der Waals surface area (Å²) >= 11 is 6.77. The van der Waals surface area contributed by atoms with Crippen molar-refractivity contribution in [2.45, 2.75) is 59.4 Å². The Kier molecular flexibility index (Phi) is 9.12. The van der Waals surface area contributed by atoms with Gasteiger partial charge < -0.3 is 9.64 Å². The SMILES string of the molecule is CCCn1c(N2CCCCC2)c(C=C2SC(=S)N(CCCOCC)C2=O)c(C)c(C#N)c1=O. The monoisotopic (exact) mass is 488 g/mol. The Balaban J connectivity index is 2.08. The topological polar surface area (TPSA) is 78.6 Å². The van der Waals surface area contributed by atoms with Crippen LogP contribution in [0.5, 0.6) is 0 Å². The first-order chi connectivity index (χ1) is 15.9. The third-order valence-electron chi connectivity index (χ3n) is 5.97. The Morgan fingerprint density at radius 1 is 1.18 bits per heavy atom. The fourth-order valence-corrected chi connectivity index (χ4v) is 5.60. The number of anilines is 1. The van der Waals surface area contributed by atoms with E-state index in [-0.39, 0.29) is 17.0 Å². The zero-order chi connectivity index (χ0) is 24.0. The molecule has 0 saturated carbocycles. The Bertz CT molecular complexity index is 1040. The molecule has 2 saturated heterocycles. The van der Waals surface area contributed by atoms with E-state index < -0.39 is 0 Å². The largest absolute Gasteiger partial charge is 0.382 e. The van der Waals surface area contributed by atoms with Crippen molar-refractivity contribution in [2.24, 2.45) is 0 Å². The number of rotatable bonds is 9. The number of hydrogen-bond acceptors (Lipinski definition) is 7. The van der Waals surface area contributed by atoms with Crippen LogP contribution in [0.4, 0.5) is 5.82 Å². The lowest BCUT2D eigenvalue weighted by atomic mass is 10.0. The summed E-state index contributed by atoms with van der Waals surface area (Å²) in [4.78, 5) is 30.7. The third kappa shape index (κ3) is 5.51. The predicted molar refractivity (Wildman–Crippen MR) is 137 cm³/mol. The number of pyridine rings is 1. The second-order valence-corrected chi connectivity index (χ2v) is 9.91. The predicted octanol–water partition coefficient (Wildman–Crippen LogP) is 4.06. The summed E-state index contributed by atoms with van der Waals surface area (Å²) in [6.45, 7) is 9.74. The van der Waals surface area contributed by atoms with E-state index in [1.165, 1.54) is 18.2 Å². The Morgan fingerprint density at radius 3 is 2.55 bits per heavy atom. The van der Waals surface area contributed by atoms with E-state index in [2.05, 4.69) is 11.0 Å². The molecule has 1 aromatic heterocycles. The van der Waals surface area contributed by atoms with Crippen LogP contribution in [0.15, 0.2) is 9.70 Å². The van der Waals surface area contributed by atoms with Crippen molar-refractivity contribution in [3.63, 3.8) is 0 Å². The molecule has 0 radical (unpaired) electrons. The molecule has 2 fully saturated rings. The Hall–Kier alpha value is -2.15. The van der Waals surface area contributed by atoms with E-state index in [1.54, 1.807) is 16.4 Å². The van der Waals surface area contributed by atoms with Crippen LogP contribution in [-0.4, -0.2) is 52.5 Å². The molecule has 3 rings (SSSR count). The summed E-state index contributed by atoms with van der Waals surface area (Å²) in [7, 11) is 0. The highest BCUT2D eigenvalue weighted by molar-refractivity contribution is 8.26. The van der Waals surface area contributed by atoms with E-state index in [9.17, 15) is 14.9 Å². The van der Waals surface area contributed by atoms with Crippen molar-refractivity contribution in [1.82, 2.24) is 9.47 Å². The molecule has 2 aliphatic rings. The zero-order valence-electron chi connectivity index (χ0n) is 19.7. The average molecular weight is 489 g/mol. The first-order valence-corrected chi connectivity index (χ1v) is 12.9. The second kappa shape index (κ2) is 11.8. The molecule has 0 aliphatic carbocycles. The number of carbonyl (C=O) groups excluding carboxylic acids is 1. The summed E-state index contributed by atoms with van der Waals surface area (Å²) in [6, 6.07) is 2.10. The van der Waals surface area contributed by atoms with Crippen LogP contribution in [0.25, 0.3) is 6.08 Å². The van der Waals surface area contributed by atoms with Crippen molar-refractivity contribution in [3.05, 3.63) is 31.9 Å². The van der Waals surface area contributed by atoms with Crippen molar-refractivity contribution >= 4 is 46.1 Å². The first-order valence-electron chi connectivity index (χ1n) is 11.7. The fraction of sp³-hybridized carbons (Fsp3) is 0.583. The minimum Gasteiger partial charge on any atom is -0.382 e. The number of nitriles is 1. The molecule has 0 bridgehead atoms. The molecular formula is C24H32N4O3S2. The van der Waals surface area contributed by atoms with Gasteiger partial charge in [-0.2, -0.15) is 5.26 Å². The highest BCUT2D eigenvalue weighted by atomic mass is 32.2. The van der Waals surface area contributed by atoms with E-state index in [4.69, 9.17) is 17.0 Å². The number of aromatic nitrogens is 1. The summed E-state index contributed by atoms with van der Waals surface area (Å²) in [5, 5.41) is 9.74. The van der Waals surface area contributed by atoms with Gasteiger partial charge in [0.15, 0.2) is 0 Å². The van der Waals surface area contributed by atoms with Crippen LogP contribution < -0.4 is 10.5 Å². The van der Waals surface area contributed by atoms with Crippen LogP contribution >= 0.6 is 24.0 Å². The standard InChI is InChI=1S/C24H32N4O3S2/c1-4-10-27-21(26-11-7-6-8-12-26)18(17(3)19(16-25)22(27)29)15-20-23(30)28(24(32)33-20)13-9-14-31-5-2/h15H,4-14H2,1-3H3. The molecular weight excluding hydrogens is 456 g/mol. The van der Waals surface area contributed by atoms with Crippen LogP contribution in [-0.2, 0) is 16.1 Å². The molecule has 7 nitrogen and oxygen atoms in total. The van der Waals surface area contributed by atoms with Crippen LogP contribution in [0.3, 0.4) is 0 Å². The average Bonchev–Trinajstić information content (AvgIpc) is 3.08. The summed E-state index contributed by atoms with van der Waals surface area (Å²) < 4.78 is 7.64. The lowest BCUT2D eigenvalue weighted by Crippen LogP contribution is -2.37. The normalized spacial score (nSPS) is 17.8. The molecule has 0 atom stereocenters. The summed E-state index contributed by atoms with van der Waals surface area (Å²) in [5.74, 6) is 0.692. The van der Waals surface area contributed by atoms with E-state index >= 15 is 0 Å². The first kappa shape index (κ1) is 25.5. The number of thioether (sulfide) groups is 1.